The molecule has 0 spiro atoms. The summed E-state index contributed by atoms with van der Waals surface area (Å²) in [5.41, 5.74) is 0.253. The van der Waals surface area contributed by atoms with Crippen molar-refractivity contribution >= 4 is 0 Å². The van der Waals surface area contributed by atoms with Gasteiger partial charge in [-0.2, -0.15) is 0 Å². The van der Waals surface area contributed by atoms with E-state index in [9.17, 15) is 15.3 Å². The molecule has 5 atom stereocenters. The van der Waals surface area contributed by atoms with Crippen molar-refractivity contribution in [3.63, 3.8) is 0 Å². The molecule has 2 fully saturated rings. The quantitative estimate of drug-likeness (QED) is 0.659. The first kappa shape index (κ1) is 14.0. The second-order valence-electron chi connectivity index (χ2n) is 6.91. The first-order valence-corrected chi connectivity index (χ1v) is 6.97. The summed E-state index contributed by atoms with van der Waals surface area (Å²) in [5.74, 6) is 0.505. The van der Waals surface area contributed by atoms with Gasteiger partial charge in [-0.3, -0.25) is 0 Å². The van der Waals surface area contributed by atoms with Crippen LogP contribution < -0.4 is 0 Å². The highest BCUT2D eigenvalue weighted by atomic mass is 16.3. The van der Waals surface area contributed by atoms with Gasteiger partial charge in [0.2, 0.25) is 0 Å². The summed E-state index contributed by atoms with van der Waals surface area (Å²) in [5, 5.41) is 29.4. The zero-order valence-corrected chi connectivity index (χ0v) is 11.5. The summed E-state index contributed by atoms with van der Waals surface area (Å²) in [4.78, 5) is 0. The van der Waals surface area contributed by atoms with Crippen molar-refractivity contribution in [2.24, 2.45) is 17.3 Å². The fraction of sp³-hybridized carbons (Fsp3) is 0.867. The van der Waals surface area contributed by atoms with Gasteiger partial charge in [-0.1, -0.05) is 19.1 Å². The van der Waals surface area contributed by atoms with E-state index < -0.39 is 5.60 Å². The van der Waals surface area contributed by atoms with Crippen LogP contribution in [0.2, 0.25) is 0 Å². The Hall–Kier alpha value is -0.380. The minimum atomic E-state index is -0.988. The van der Waals surface area contributed by atoms with Gasteiger partial charge >= 0.3 is 0 Å². The van der Waals surface area contributed by atoms with Crippen LogP contribution in [-0.2, 0) is 0 Å². The molecule has 0 amide bonds. The van der Waals surface area contributed by atoms with Gasteiger partial charge in [-0.15, -0.1) is 0 Å². The van der Waals surface area contributed by atoms with Crippen LogP contribution >= 0.6 is 0 Å². The van der Waals surface area contributed by atoms with Gasteiger partial charge in [-0.25, -0.2) is 0 Å². The van der Waals surface area contributed by atoms with Crippen LogP contribution in [-0.4, -0.2) is 33.6 Å². The van der Waals surface area contributed by atoms with E-state index in [1.807, 2.05) is 0 Å². The minimum Gasteiger partial charge on any atom is -0.393 e. The summed E-state index contributed by atoms with van der Waals surface area (Å²) in [6.07, 6.45) is 4.07. The summed E-state index contributed by atoms with van der Waals surface area (Å²) in [6.45, 7) is 7.90. The van der Waals surface area contributed by atoms with Crippen molar-refractivity contribution in [3.8, 4) is 0 Å². The molecule has 0 heterocycles. The molecular formula is C15H26O3. The molecule has 3 heteroatoms. The molecule has 0 aliphatic heterocycles. The Kier molecular flexibility index (Phi) is 3.60. The SMILES string of the molecule is C=C1C[C@H](O)C[C@]2(C)CC[C@@H](C(C)(O)CO)C[C@@H]12. The van der Waals surface area contributed by atoms with Crippen molar-refractivity contribution in [2.75, 3.05) is 6.61 Å². The summed E-state index contributed by atoms with van der Waals surface area (Å²) in [6, 6.07) is 0. The van der Waals surface area contributed by atoms with Crippen LogP contribution in [0.4, 0.5) is 0 Å². The Morgan fingerprint density at radius 2 is 2.17 bits per heavy atom. The maximum atomic E-state index is 10.2. The van der Waals surface area contributed by atoms with Gasteiger partial charge in [0.15, 0.2) is 0 Å². The van der Waals surface area contributed by atoms with E-state index in [0.717, 1.165) is 31.3 Å². The second-order valence-corrected chi connectivity index (χ2v) is 6.91. The lowest BCUT2D eigenvalue weighted by molar-refractivity contribution is -0.0897. The third-order valence-corrected chi connectivity index (χ3v) is 5.32. The van der Waals surface area contributed by atoms with Crippen molar-refractivity contribution in [2.45, 2.75) is 57.7 Å². The first-order chi connectivity index (χ1) is 8.28. The maximum Gasteiger partial charge on any atom is 0.0877 e. The van der Waals surface area contributed by atoms with Gasteiger partial charge in [0, 0.05) is 0 Å². The molecule has 18 heavy (non-hydrogen) atoms. The largest absolute Gasteiger partial charge is 0.393 e. The van der Waals surface area contributed by atoms with Gasteiger partial charge in [0.25, 0.3) is 0 Å². The zero-order valence-electron chi connectivity index (χ0n) is 11.5. The molecular weight excluding hydrogens is 228 g/mol. The molecule has 2 aliphatic carbocycles. The summed E-state index contributed by atoms with van der Waals surface area (Å²) < 4.78 is 0. The fourth-order valence-electron chi connectivity index (χ4n) is 4.02. The van der Waals surface area contributed by atoms with Gasteiger partial charge in [-0.05, 0) is 56.3 Å². The van der Waals surface area contributed by atoms with E-state index in [0.29, 0.717) is 12.3 Å². The first-order valence-electron chi connectivity index (χ1n) is 6.97. The Morgan fingerprint density at radius 3 is 2.78 bits per heavy atom. The average Bonchev–Trinajstić information content (AvgIpc) is 2.27. The lowest BCUT2D eigenvalue weighted by Gasteiger charge is -2.52. The van der Waals surface area contributed by atoms with Crippen molar-refractivity contribution < 1.29 is 15.3 Å². The molecule has 2 saturated carbocycles. The van der Waals surface area contributed by atoms with Crippen molar-refractivity contribution in [1.82, 2.24) is 0 Å². The van der Waals surface area contributed by atoms with E-state index in [4.69, 9.17) is 0 Å². The number of aliphatic hydroxyl groups is 3. The molecule has 0 saturated heterocycles. The van der Waals surface area contributed by atoms with Crippen molar-refractivity contribution in [3.05, 3.63) is 12.2 Å². The van der Waals surface area contributed by atoms with Crippen LogP contribution in [0.5, 0.6) is 0 Å². The molecule has 3 N–H and O–H groups in total. The van der Waals surface area contributed by atoms with Crippen LogP contribution in [0.1, 0.15) is 46.0 Å². The Balaban J connectivity index is 2.16. The Morgan fingerprint density at radius 1 is 1.50 bits per heavy atom. The fourth-order valence-corrected chi connectivity index (χ4v) is 4.02. The molecule has 0 radical (unpaired) electrons. The lowest BCUT2D eigenvalue weighted by atomic mass is 9.55. The molecule has 2 rings (SSSR count). The summed E-state index contributed by atoms with van der Waals surface area (Å²) >= 11 is 0. The standard InChI is InChI=1S/C15H26O3/c1-10-6-12(17)8-14(2)5-4-11(7-13(10)14)15(3,18)9-16/h11-13,16-18H,1,4-9H2,2-3H3/t11-,12+,13+,14+,15?/m1/s1. The Bertz CT molecular complexity index is 337. The minimum absolute atomic E-state index is 0.122. The summed E-state index contributed by atoms with van der Waals surface area (Å²) in [7, 11) is 0. The zero-order chi connectivity index (χ0) is 13.6. The van der Waals surface area contributed by atoms with E-state index in [2.05, 4.69) is 13.5 Å². The highest BCUT2D eigenvalue weighted by Crippen LogP contribution is 2.54. The third kappa shape index (κ3) is 2.36. The molecule has 0 aromatic heterocycles. The molecule has 2 aliphatic rings. The van der Waals surface area contributed by atoms with Crippen LogP contribution in [0.3, 0.4) is 0 Å². The molecule has 1 unspecified atom stereocenters. The third-order valence-electron chi connectivity index (χ3n) is 5.32. The predicted molar refractivity (Wildman–Crippen MR) is 71.0 cm³/mol. The van der Waals surface area contributed by atoms with E-state index >= 15 is 0 Å². The van der Waals surface area contributed by atoms with Crippen LogP contribution in [0, 0.1) is 17.3 Å². The van der Waals surface area contributed by atoms with E-state index in [1.165, 1.54) is 0 Å². The highest BCUT2D eigenvalue weighted by molar-refractivity contribution is 5.15. The topological polar surface area (TPSA) is 60.7 Å². The molecule has 104 valence electrons. The highest BCUT2D eigenvalue weighted by Gasteiger charge is 2.48. The predicted octanol–water partition coefficient (Wildman–Crippen LogP) is 1.86. The van der Waals surface area contributed by atoms with E-state index in [-0.39, 0.29) is 24.0 Å². The van der Waals surface area contributed by atoms with Gasteiger partial charge in [0.1, 0.15) is 0 Å². The second kappa shape index (κ2) is 4.62. The monoisotopic (exact) mass is 254 g/mol. The van der Waals surface area contributed by atoms with Crippen molar-refractivity contribution in [1.29, 1.82) is 0 Å². The molecule has 0 aromatic rings. The molecule has 3 nitrogen and oxygen atoms in total. The van der Waals surface area contributed by atoms with Gasteiger partial charge in [0.05, 0.1) is 18.3 Å². The van der Waals surface area contributed by atoms with Gasteiger partial charge < -0.3 is 15.3 Å². The Labute approximate surface area is 110 Å². The van der Waals surface area contributed by atoms with Crippen LogP contribution in [0.25, 0.3) is 0 Å². The number of fused-ring (bicyclic) bond motifs is 1. The van der Waals surface area contributed by atoms with Crippen LogP contribution in [0.15, 0.2) is 12.2 Å². The normalized spacial score (nSPS) is 44.3. The lowest BCUT2D eigenvalue weighted by Crippen LogP contribution is -2.48. The smallest absolute Gasteiger partial charge is 0.0877 e. The number of aliphatic hydroxyl groups excluding tert-OH is 2. The van der Waals surface area contributed by atoms with E-state index in [1.54, 1.807) is 6.92 Å². The number of rotatable bonds is 2. The average molecular weight is 254 g/mol. The molecule has 0 aromatic carbocycles. The number of hydrogen-bond acceptors (Lipinski definition) is 3. The maximum absolute atomic E-state index is 10.2. The number of hydrogen-bond donors (Lipinski definition) is 3. The molecule has 0 bridgehead atoms.